The number of halogens is 1. The molecule has 1 amide bonds. The largest absolute Gasteiger partial charge is 0.493 e. The number of ether oxygens (including phenoxy) is 4. The maximum atomic E-state index is 13.5. The van der Waals surface area contributed by atoms with Crippen LogP contribution in [0.3, 0.4) is 0 Å². The number of piperidine rings is 1. The molecule has 3 aromatic carbocycles. The van der Waals surface area contributed by atoms with Crippen LogP contribution in [0.15, 0.2) is 72.8 Å². The number of amides is 1. The Balaban J connectivity index is 1.27. The van der Waals surface area contributed by atoms with E-state index in [1.54, 1.807) is 4.90 Å². The van der Waals surface area contributed by atoms with Gasteiger partial charge < -0.3 is 23.8 Å². The first-order chi connectivity index (χ1) is 16.7. The number of likely N-dealkylation sites (tertiary alicyclic amines) is 1. The second kappa shape index (κ2) is 10.0. The van der Waals surface area contributed by atoms with E-state index in [0.29, 0.717) is 36.9 Å². The number of carbonyl (C=O) groups is 1. The average molecular weight is 464 g/mol. The number of nitrogens with zero attached hydrogens (tertiary/aromatic N) is 1. The molecule has 1 fully saturated rings. The van der Waals surface area contributed by atoms with Crippen LogP contribution in [0, 0.1) is 11.7 Å². The fourth-order valence-corrected chi connectivity index (χ4v) is 4.50. The van der Waals surface area contributed by atoms with Gasteiger partial charge in [-0.15, -0.1) is 0 Å². The highest BCUT2D eigenvalue weighted by Gasteiger charge is 2.34. The Morgan fingerprint density at radius 1 is 1.00 bits per heavy atom. The van der Waals surface area contributed by atoms with Gasteiger partial charge in [-0.3, -0.25) is 0 Å². The topological polar surface area (TPSA) is 57.2 Å². The highest BCUT2D eigenvalue weighted by atomic mass is 19.1. The third-order valence-corrected chi connectivity index (χ3v) is 6.30. The Hall–Kier alpha value is -3.74. The summed E-state index contributed by atoms with van der Waals surface area (Å²) in [6, 6.07) is 21.7. The van der Waals surface area contributed by atoms with Crippen molar-refractivity contribution in [1.29, 1.82) is 0 Å². The molecule has 0 aromatic heterocycles. The summed E-state index contributed by atoms with van der Waals surface area (Å²) < 4.78 is 36.0. The first-order valence-corrected chi connectivity index (χ1v) is 11.4. The highest BCUT2D eigenvalue weighted by Crippen LogP contribution is 2.37. The molecule has 34 heavy (non-hydrogen) atoms. The smallest absolute Gasteiger partial charge is 0.410 e. The molecule has 3 aromatic rings. The van der Waals surface area contributed by atoms with E-state index in [2.05, 4.69) is 0 Å². The maximum Gasteiger partial charge on any atom is 0.410 e. The Bertz CT molecular complexity index is 1120. The van der Waals surface area contributed by atoms with Gasteiger partial charge in [0.2, 0.25) is 6.79 Å². The van der Waals surface area contributed by atoms with Gasteiger partial charge in [0.1, 0.15) is 18.2 Å². The highest BCUT2D eigenvalue weighted by molar-refractivity contribution is 5.67. The average Bonchev–Trinajstić information content (AvgIpc) is 3.35. The monoisotopic (exact) mass is 463 g/mol. The number of carbonyl (C=O) groups excluding carboxylic acids is 1. The van der Waals surface area contributed by atoms with Crippen LogP contribution >= 0.6 is 0 Å². The standard InChI is InChI=1S/C27H26FNO5/c28-22-8-6-20(7-9-22)24-12-13-29(27(30)32-16-19-4-2-1-3-5-19)15-21(24)17-31-23-10-11-25-26(14-23)34-18-33-25/h1-11,14,21,24H,12-13,15-18H2. The van der Waals surface area contributed by atoms with Crippen LogP contribution in [0.4, 0.5) is 9.18 Å². The van der Waals surface area contributed by atoms with Crippen LogP contribution in [-0.2, 0) is 11.3 Å². The molecule has 0 bridgehead atoms. The molecule has 5 rings (SSSR count). The van der Waals surface area contributed by atoms with Crippen molar-refractivity contribution in [3.63, 3.8) is 0 Å². The van der Waals surface area contributed by atoms with Crippen molar-refractivity contribution in [3.8, 4) is 17.2 Å². The van der Waals surface area contributed by atoms with Gasteiger partial charge in [-0.25, -0.2) is 9.18 Å². The number of hydrogen-bond donors (Lipinski definition) is 0. The van der Waals surface area contributed by atoms with Crippen molar-refractivity contribution < 1.29 is 28.1 Å². The van der Waals surface area contributed by atoms with Gasteiger partial charge >= 0.3 is 6.09 Å². The zero-order chi connectivity index (χ0) is 23.3. The third-order valence-electron chi connectivity index (χ3n) is 6.30. The lowest BCUT2D eigenvalue weighted by molar-refractivity contribution is 0.0642. The summed E-state index contributed by atoms with van der Waals surface area (Å²) >= 11 is 0. The molecule has 2 atom stereocenters. The zero-order valence-electron chi connectivity index (χ0n) is 18.7. The van der Waals surface area contributed by atoms with Crippen molar-refractivity contribution in [2.24, 2.45) is 5.92 Å². The number of benzene rings is 3. The molecule has 6 nitrogen and oxygen atoms in total. The molecule has 2 heterocycles. The number of hydrogen-bond acceptors (Lipinski definition) is 5. The molecule has 1 saturated heterocycles. The summed E-state index contributed by atoms with van der Waals surface area (Å²) in [5, 5.41) is 0. The van der Waals surface area contributed by atoms with E-state index in [1.807, 2.05) is 60.7 Å². The molecule has 176 valence electrons. The van der Waals surface area contributed by atoms with Crippen LogP contribution in [0.2, 0.25) is 0 Å². The summed E-state index contributed by atoms with van der Waals surface area (Å²) in [5.74, 6) is 1.90. The van der Waals surface area contributed by atoms with E-state index in [9.17, 15) is 9.18 Å². The normalized spacial score (nSPS) is 19.0. The first-order valence-electron chi connectivity index (χ1n) is 11.4. The van der Waals surface area contributed by atoms with Gasteiger partial charge in [0.25, 0.3) is 0 Å². The minimum atomic E-state index is -0.338. The fourth-order valence-electron chi connectivity index (χ4n) is 4.50. The van der Waals surface area contributed by atoms with Gasteiger partial charge in [-0.2, -0.15) is 0 Å². The van der Waals surface area contributed by atoms with E-state index in [-0.39, 0.29) is 37.1 Å². The van der Waals surface area contributed by atoms with Crippen LogP contribution in [0.1, 0.15) is 23.5 Å². The lowest BCUT2D eigenvalue weighted by atomic mass is 9.81. The summed E-state index contributed by atoms with van der Waals surface area (Å²) in [5.41, 5.74) is 1.98. The zero-order valence-corrected chi connectivity index (χ0v) is 18.7. The van der Waals surface area contributed by atoms with Crippen molar-refractivity contribution >= 4 is 6.09 Å². The summed E-state index contributed by atoms with van der Waals surface area (Å²) in [6.45, 7) is 1.88. The van der Waals surface area contributed by atoms with E-state index in [4.69, 9.17) is 18.9 Å². The minimum Gasteiger partial charge on any atom is -0.493 e. The van der Waals surface area contributed by atoms with Gasteiger partial charge in [0, 0.05) is 25.1 Å². The van der Waals surface area contributed by atoms with Gasteiger partial charge in [-0.05, 0) is 47.7 Å². The SMILES string of the molecule is O=C(OCc1ccccc1)N1CCC(c2ccc(F)cc2)C(COc2ccc3c(c2)OCO3)C1. The predicted octanol–water partition coefficient (Wildman–Crippen LogP) is 5.38. The van der Waals surface area contributed by atoms with E-state index >= 15 is 0 Å². The number of rotatable bonds is 6. The number of fused-ring (bicyclic) bond motifs is 1. The molecular formula is C27H26FNO5. The lowest BCUT2D eigenvalue weighted by Gasteiger charge is -2.38. The van der Waals surface area contributed by atoms with Crippen LogP contribution in [-0.4, -0.2) is 37.5 Å². The molecule has 0 spiro atoms. The Labute approximate surface area is 197 Å². The summed E-state index contributed by atoms with van der Waals surface area (Å²) in [6.07, 6.45) is 0.399. The van der Waals surface area contributed by atoms with E-state index in [0.717, 1.165) is 17.5 Å². The second-order valence-corrected chi connectivity index (χ2v) is 8.52. The minimum absolute atomic E-state index is 0.00825. The molecule has 0 N–H and O–H groups in total. The molecule has 2 aliphatic rings. The quantitative estimate of drug-likeness (QED) is 0.492. The fraction of sp³-hybridized carbons (Fsp3) is 0.296. The van der Waals surface area contributed by atoms with Crippen molar-refractivity contribution in [1.82, 2.24) is 4.90 Å². The van der Waals surface area contributed by atoms with Crippen molar-refractivity contribution in [2.45, 2.75) is 18.9 Å². The van der Waals surface area contributed by atoms with Crippen LogP contribution in [0.5, 0.6) is 17.2 Å². The van der Waals surface area contributed by atoms with Crippen molar-refractivity contribution in [3.05, 3.63) is 89.7 Å². The van der Waals surface area contributed by atoms with Crippen LogP contribution in [0.25, 0.3) is 0 Å². The Morgan fingerprint density at radius 2 is 1.79 bits per heavy atom. The van der Waals surface area contributed by atoms with Gasteiger partial charge in [-0.1, -0.05) is 42.5 Å². The third kappa shape index (κ3) is 5.09. The van der Waals surface area contributed by atoms with Crippen LogP contribution < -0.4 is 14.2 Å². The van der Waals surface area contributed by atoms with Gasteiger partial charge in [0.05, 0.1) is 6.61 Å². The molecule has 0 saturated carbocycles. The molecule has 2 aliphatic heterocycles. The van der Waals surface area contributed by atoms with E-state index < -0.39 is 0 Å². The first kappa shape index (κ1) is 22.1. The summed E-state index contributed by atoms with van der Waals surface area (Å²) in [7, 11) is 0. The Morgan fingerprint density at radius 3 is 2.62 bits per heavy atom. The lowest BCUT2D eigenvalue weighted by Crippen LogP contribution is -2.45. The van der Waals surface area contributed by atoms with Crippen molar-refractivity contribution in [2.75, 3.05) is 26.5 Å². The Kier molecular flexibility index (Phi) is 6.51. The molecule has 2 unspecified atom stereocenters. The predicted molar refractivity (Wildman–Crippen MR) is 124 cm³/mol. The maximum absolute atomic E-state index is 13.5. The molecular weight excluding hydrogens is 437 g/mol. The molecule has 0 aliphatic carbocycles. The second-order valence-electron chi connectivity index (χ2n) is 8.52. The summed E-state index contributed by atoms with van der Waals surface area (Å²) in [4.78, 5) is 14.5. The van der Waals surface area contributed by atoms with Gasteiger partial charge in [0.15, 0.2) is 11.5 Å². The molecule has 0 radical (unpaired) electrons. The van der Waals surface area contributed by atoms with E-state index in [1.165, 1.54) is 12.1 Å². The molecule has 7 heteroatoms.